The van der Waals surface area contributed by atoms with Crippen LogP contribution in [0.4, 0.5) is 10.1 Å². The van der Waals surface area contributed by atoms with Gasteiger partial charge in [-0.05, 0) is 25.0 Å². The van der Waals surface area contributed by atoms with Gasteiger partial charge in [-0.3, -0.25) is 4.79 Å². The van der Waals surface area contributed by atoms with Crippen LogP contribution in [0.1, 0.15) is 23.2 Å². The Morgan fingerprint density at radius 1 is 1.53 bits per heavy atom. The van der Waals surface area contributed by atoms with Crippen molar-refractivity contribution in [2.24, 2.45) is 0 Å². The minimum atomic E-state index is -0.589. The van der Waals surface area contributed by atoms with Crippen molar-refractivity contribution in [2.45, 2.75) is 18.9 Å². The molecule has 0 spiro atoms. The first kappa shape index (κ1) is 11.9. The third-order valence-electron chi connectivity index (χ3n) is 2.97. The number of nitrogen functional groups attached to an aromatic ring is 1. The summed E-state index contributed by atoms with van der Waals surface area (Å²) < 4.78 is 13.2. The van der Waals surface area contributed by atoms with Gasteiger partial charge in [0.2, 0.25) is 0 Å². The molecule has 1 aromatic carbocycles. The molecule has 1 amide bonds. The van der Waals surface area contributed by atoms with Crippen LogP contribution in [0.3, 0.4) is 0 Å². The minimum absolute atomic E-state index is 0.127. The highest BCUT2D eigenvalue weighted by Gasteiger charge is 2.24. The number of aliphatic hydroxyl groups excluding tert-OH is 1. The number of hydrogen-bond acceptors (Lipinski definition) is 3. The molecule has 1 atom stereocenters. The molecule has 2 rings (SSSR count). The molecule has 1 fully saturated rings. The number of anilines is 1. The van der Waals surface area contributed by atoms with E-state index in [1.807, 2.05) is 0 Å². The fourth-order valence-electron chi connectivity index (χ4n) is 2.03. The van der Waals surface area contributed by atoms with E-state index < -0.39 is 11.9 Å². The van der Waals surface area contributed by atoms with E-state index in [1.54, 1.807) is 0 Å². The number of rotatable bonds is 1. The number of nitrogens with two attached hydrogens (primary N) is 1. The molecule has 5 heteroatoms. The minimum Gasteiger partial charge on any atom is -0.396 e. The molecule has 1 saturated heterocycles. The summed E-state index contributed by atoms with van der Waals surface area (Å²) in [5.74, 6) is -0.908. The summed E-state index contributed by atoms with van der Waals surface area (Å²) in [6.07, 6.45) is 0.951. The molecule has 0 aromatic heterocycles. The Balaban J connectivity index is 2.22. The predicted octanol–water partition coefficient (Wildman–Crippen LogP) is 1.00. The summed E-state index contributed by atoms with van der Waals surface area (Å²) in [6, 6.07) is 4.18. The van der Waals surface area contributed by atoms with E-state index in [1.165, 1.54) is 23.1 Å². The number of piperidine rings is 1. The van der Waals surface area contributed by atoms with Crippen LogP contribution >= 0.6 is 0 Å². The lowest BCUT2D eigenvalue weighted by Crippen LogP contribution is -2.42. The lowest BCUT2D eigenvalue weighted by molar-refractivity contribution is 0.0474. The lowest BCUT2D eigenvalue weighted by Gasteiger charge is -2.30. The Labute approximate surface area is 98.8 Å². The van der Waals surface area contributed by atoms with Gasteiger partial charge in [0.25, 0.3) is 5.91 Å². The summed E-state index contributed by atoms with van der Waals surface area (Å²) in [5.41, 5.74) is 5.58. The second kappa shape index (κ2) is 4.71. The molecule has 1 aromatic rings. The first-order valence-corrected chi connectivity index (χ1v) is 5.61. The summed E-state index contributed by atoms with van der Waals surface area (Å²) in [5, 5.41) is 9.50. The Morgan fingerprint density at radius 3 is 3.00 bits per heavy atom. The highest BCUT2D eigenvalue weighted by molar-refractivity contribution is 5.99. The third-order valence-corrected chi connectivity index (χ3v) is 2.97. The van der Waals surface area contributed by atoms with Gasteiger partial charge in [0.15, 0.2) is 0 Å². The molecule has 3 N–H and O–H groups in total. The van der Waals surface area contributed by atoms with E-state index >= 15 is 0 Å². The van der Waals surface area contributed by atoms with Gasteiger partial charge < -0.3 is 15.7 Å². The maximum Gasteiger partial charge on any atom is 0.256 e. The van der Waals surface area contributed by atoms with Crippen molar-refractivity contribution in [2.75, 3.05) is 18.8 Å². The van der Waals surface area contributed by atoms with Gasteiger partial charge >= 0.3 is 0 Å². The van der Waals surface area contributed by atoms with Crippen LogP contribution in [0.5, 0.6) is 0 Å². The van der Waals surface area contributed by atoms with Gasteiger partial charge in [-0.15, -0.1) is 0 Å². The van der Waals surface area contributed by atoms with E-state index in [2.05, 4.69) is 0 Å². The monoisotopic (exact) mass is 238 g/mol. The van der Waals surface area contributed by atoms with Crippen molar-refractivity contribution >= 4 is 11.6 Å². The van der Waals surface area contributed by atoms with Crippen LogP contribution in [0.25, 0.3) is 0 Å². The molecule has 0 unspecified atom stereocenters. The van der Waals surface area contributed by atoms with Crippen LogP contribution in [0, 0.1) is 5.82 Å². The second-order valence-corrected chi connectivity index (χ2v) is 4.25. The number of carbonyl (C=O) groups is 1. The number of amides is 1. The smallest absolute Gasteiger partial charge is 0.256 e. The molecule has 1 aliphatic heterocycles. The summed E-state index contributed by atoms with van der Waals surface area (Å²) >= 11 is 0. The van der Waals surface area contributed by atoms with Crippen LogP contribution in [-0.4, -0.2) is 35.1 Å². The number of nitrogens with zero attached hydrogens (tertiary/aromatic N) is 1. The molecule has 4 nitrogen and oxygen atoms in total. The average molecular weight is 238 g/mol. The molecule has 0 bridgehead atoms. The van der Waals surface area contributed by atoms with Gasteiger partial charge in [-0.2, -0.15) is 0 Å². The van der Waals surface area contributed by atoms with Crippen molar-refractivity contribution in [3.63, 3.8) is 0 Å². The van der Waals surface area contributed by atoms with E-state index in [0.29, 0.717) is 13.0 Å². The van der Waals surface area contributed by atoms with Crippen LogP contribution in [0.15, 0.2) is 18.2 Å². The second-order valence-electron chi connectivity index (χ2n) is 4.25. The molecule has 1 heterocycles. The van der Waals surface area contributed by atoms with E-state index in [-0.39, 0.29) is 23.7 Å². The Hall–Kier alpha value is -1.62. The largest absolute Gasteiger partial charge is 0.396 e. The Morgan fingerprint density at radius 2 is 2.29 bits per heavy atom. The highest BCUT2D eigenvalue weighted by atomic mass is 19.1. The van der Waals surface area contributed by atoms with Gasteiger partial charge in [-0.25, -0.2) is 4.39 Å². The number of carbonyl (C=O) groups excluding carboxylic acids is 1. The zero-order valence-corrected chi connectivity index (χ0v) is 9.40. The number of likely N-dealkylation sites (tertiary alicyclic amines) is 1. The molecule has 0 saturated carbocycles. The number of benzene rings is 1. The lowest BCUT2D eigenvalue weighted by atomic mass is 10.1. The molecule has 0 aliphatic carbocycles. The standard InChI is InChI=1S/C12H15FN2O2/c13-10-5-1-4-9(11(10)14)12(17)15-6-2-3-8(16)7-15/h1,4-5,8,16H,2-3,6-7,14H2/t8-/m0/s1. The number of β-amino-alcohol motifs (C(OH)–C–C–N with tert-alkyl or cyclic N) is 1. The molecular formula is C12H15FN2O2. The van der Waals surface area contributed by atoms with Crippen LogP contribution in [-0.2, 0) is 0 Å². The fraction of sp³-hybridized carbons (Fsp3) is 0.417. The van der Waals surface area contributed by atoms with Gasteiger partial charge in [-0.1, -0.05) is 6.07 Å². The molecular weight excluding hydrogens is 223 g/mol. The maximum absolute atomic E-state index is 13.2. The number of halogens is 1. The topological polar surface area (TPSA) is 66.6 Å². The SMILES string of the molecule is Nc1c(F)cccc1C(=O)N1CCC[C@H](O)C1. The normalized spacial score (nSPS) is 20.4. The summed E-state index contributed by atoms with van der Waals surface area (Å²) in [4.78, 5) is 13.6. The van der Waals surface area contributed by atoms with Gasteiger partial charge in [0.1, 0.15) is 5.82 Å². The van der Waals surface area contributed by atoms with Crippen molar-refractivity contribution in [1.82, 2.24) is 4.90 Å². The van der Waals surface area contributed by atoms with Crippen molar-refractivity contribution in [1.29, 1.82) is 0 Å². The number of hydrogen-bond donors (Lipinski definition) is 2. The highest BCUT2D eigenvalue weighted by Crippen LogP contribution is 2.20. The fourth-order valence-corrected chi connectivity index (χ4v) is 2.03. The molecule has 17 heavy (non-hydrogen) atoms. The molecule has 92 valence electrons. The summed E-state index contributed by atoms with van der Waals surface area (Å²) in [7, 11) is 0. The Kier molecular flexibility index (Phi) is 3.28. The molecule has 0 radical (unpaired) electrons. The number of para-hydroxylation sites is 1. The quantitative estimate of drug-likeness (QED) is 0.717. The van der Waals surface area contributed by atoms with E-state index in [9.17, 15) is 14.3 Å². The molecule has 1 aliphatic rings. The summed E-state index contributed by atoms with van der Waals surface area (Å²) in [6.45, 7) is 0.862. The Bertz CT molecular complexity index is 437. The first-order chi connectivity index (χ1) is 8.09. The van der Waals surface area contributed by atoms with Gasteiger partial charge in [0, 0.05) is 13.1 Å². The first-order valence-electron chi connectivity index (χ1n) is 5.61. The maximum atomic E-state index is 13.2. The van der Waals surface area contributed by atoms with Gasteiger partial charge in [0.05, 0.1) is 17.4 Å². The predicted molar refractivity (Wildman–Crippen MR) is 62.0 cm³/mol. The van der Waals surface area contributed by atoms with Crippen molar-refractivity contribution < 1.29 is 14.3 Å². The van der Waals surface area contributed by atoms with Crippen LogP contribution in [0.2, 0.25) is 0 Å². The zero-order chi connectivity index (χ0) is 12.4. The van der Waals surface area contributed by atoms with Crippen LogP contribution < -0.4 is 5.73 Å². The van der Waals surface area contributed by atoms with E-state index in [4.69, 9.17) is 5.73 Å². The van der Waals surface area contributed by atoms with Crippen molar-refractivity contribution in [3.8, 4) is 0 Å². The van der Waals surface area contributed by atoms with E-state index in [0.717, 1.165) is 6.42 Å². The van der Waals surface area contributed by atoms with Crippen molar-refractivity contribution in [3.05, 3.63) is 29.6 Å². The average Bonchev–Trinajstić information content (AvgIpc) is 2.32. The third kappa shape index (κ3) is 2.39. The zero-order valence-electron chi connectivity index (χ0n) is 9.40. The number of aliphatic hydroxyl groups is 1.